The summed E-state index contributed by atoms with van der Waals surface area (Å²) in [6.07, 6.45) is 0. The summed E-state index contributed by atoms with van der Waals surface area (Å²) in [6, 6.07) is 1.35. The first kappa shape index (κ1) is 12.5. The van der Waals surface area contributed by atoms with Gasteiger partial charge in [0.2, 0.25) is 5.75 Å². The van der Waals surface area contributed by atoms with Gasteiger partial charge < -0.3 is 35.0 Å². The maximum Gasteiger partial charge on any atom is 0.423 e. The van der Waals surface area contributed by atoms with E-state index in [4.69, 9.17) is 5.11 Å². The lowest BCUT2D eigenvalue weighted by Gasteiger charge is -2.37. The molecule has 0 radical (unpaired) electrons. The van der Waals surface area contributed by atoms with Gasteiger partial charge in [-0.2, -0.15) is 0 Å². The Bertz CT molecular complexity index is 461. The molecule has 1 aromatic rings. The van der Waals surface area contributed by atoms with Gasteiger partial charge in [0.15, 0.2) is 0 Å². The summed E-state index contributed by atoms with van der Waals surface area (Å²) in [5.41, 5.74) is 0.165. The molecular weight excluding hydrogens is 302 g/mol. The molecule has 0 bridgehead atoms. The Labute approximate surface area is 103 Å². The van der Waals surface area contributed by atoms with Gasteiger partial charge in [-0.25, -0.2) is 4.98 Å². The Morgan fingerprint density at radius 3 is 2.35 bits per heavy atom. The monoisotopic (exact) mass is 309 g/mol. The molecule has 0 atom stereocenters. The average Bonchev–Trinajstić information content (AvgIpc) is 2.20. The van der Waals surface area contributed by atoms with Crippen molar-refractivity contribution in [2.75, 3.05) is 0 Å². The first-order valence-corrected chi connectivity index (χ1v) is 5.14. The van der Waals surface area contributed by atoms with Crippen molar-refractivity contribution in [3.8, 4) is 11.6 Å². The molecular formula is C8H8BrNO7. The lowest BCUT2D eigenvalue weighted by Crippen LogP contribution is -2.64. The smallest absolute Gasteiger partial charge is 0.423 e. The minimum atomic E-state index is -3.37. The Balaban J connectivity index is 2.53. The summed E-state index contributed by atoms with van der Waals surface area (Å²) < 4.78 is 9.25. The van der Waals surface area contributed by atoms with Crippen LogP contribution in [-0.4, -0.2) is 42.5 Å². The fourth-order valence-electron chi connectivity index (χ4n) is 1.18. The lowest BCUT2D eigenvalue weighted by molar-refractivity contribution is -0.501. The molecule has 0 amide bonds. The summed E-state index contributed by atoms with van der Waals surface area (Å²) in [7, 11) is 0. The van der Waals surface area contributed by atoms with Crippen molar-refractivity contribution in [1.29, 1.82) is 0 Å². The standard InChI is InChI=1S/C8H8BrNO7/c9-4-1-3(2-11)10-6-5(4)16-7(12,13)8(14,15)17-6/h1,11-15H,2H2. The molecule has 8 nitrogen and oxygen atoms in total. The number of fused-ring (bicyclic) bond motifs is 1. The Morgan fingerprint density at radius 1 is 1.18 bits per heavy atom. The molecule has 1 aliphatic heterocycles. The fraction of sp³-hybridized carbons (Fsp3) is 0.375. The van der Waals surface area contributed by atoms with E-state index in [2.05, 4.69) is 30.4 Å². The molecule has 94 valence electrons. The number of ether oxygens (including phenoxy) is 2. The first-order chi connectivity index (χ1) is 7.77. The second-order valence-corrected chi connectivity index (χ2v) is 4.16. The molecule has 0 spiro atoms. The highest BCUT2D eigenvalue weighted by Crippen LogP contribution is 2.43. The minimum Gasteiger partial charge on any atom is -0.425 e. The topological polar surface area (TPSA) is 133 Å². The summed E-state index contributed by atoms with van der Waals surface area (Å²) in [5.74, 6) is -7.34. The molecule has 1 aliphatic rings. The Kier molecular flexibility index (Phi) is 2.77. The molecule has 17 heavy (non-hydrogen) atoms. The number of hydrogen-bond acceptors (Lipinski definition) is 8. The molecule has 0 fully saturated rings. The zero-order valence-corrected chi connectivity index (χ0v) is 9.75. The number of hydrogen-bond donors (Lipinski definition) is 5. The third kappa shape index (κ3) is 1.97. The summed E-state index contributed by atoms with van der Waals surface area (Å²) in [6.45, 7) is -0.414. The zero-order valence-electron chi connectivity index (χ0n) is 8.16. The number of aliphatic hydroxyl groups is 5. The van der Waals surface area contributed by atoms with E-state index in [1.54, 1.807) is 0 Å². The van der Waals surface area contributed by atoms with Crippen molar-refractivity contribution < 1.29 is 35.0 Å². The van der Waals surface area contributed by atoms with Crippen LogP contribution >= 0.6 is 15.9 Å². The van der Waals surface area contributed by atoms with Crippen LogP contribution in [0.15, 0.2) is 10.5 Å². The van der Waals surface area contributed by atoms with Crippen LogP contribution in [0.3, 0.4) is 0 Å². The molecule has 0 saturated heterocycles. The first-order valence-electron chi connectivity index (χ1n) is 4.34. The second-order valence-electron chi connectivity index (χ2n) is 3.31. The van der Waals surface area contributed by atoms with Gasteiger partial charge in [0.05, 0.1) is 16.8 Å². The van der Waals surface area contributed by atoms with Crippen LogP contribution in [0.2, 0.25) is 0 Å². The van der Waals surface area contributed by atoms with Crippen molar-refractivity contribution in [3.63, 3.8) is 0 Å². The largest absolute Gasteiger partial charge is 0.425 e. The van der Waals surface area contributed by atoms with E-state index in [1.165, 1.54) is 6.07 Å². The lowest BCUT2D eigenvalue weighted by atomic mass is 10.3. The van der Waals surface area contributed by atoms with E-state index < -0.39 is 24.4 Å². The van der Waals surface area contributed by atoms with Gasteiger partial charge in [0.1, 0.15) is 0 Å². The van der Waals surface area contributed by atoms with Crippen LogP contribution in [0.4, 0.5) is 0 Å². The van der Waals surface area contributed by atoms with Crippen molar-refractivity contribution in [2.45, 2.75) is 18.6 Å². The quantitative estimate of drug-likeness (QED) is 0.391. The van der Waals surface area contributed by atoms with Gasteiger partial charge >= 0.3 is 11.9 Å². The van der Waals surface area contributed by atoms with E-state index in [-0.39, 0.29) is 15.9 Å². The minimum absolute atomic E-state index is 0.165. The summed E-state index contributed by atoms with van der Waals surface area (Å²) >= 11 is 3.02. The SMILES string of the molecule is OCc1cc(Br)c2c(n1)OC(O)(O)C(O)(O)O2. The predicted octanol–water partition coefficient (Wildman–Crippen LogP) is -1.62. The highest BCUT2D eigenvalue weighted by atomic mass is 79.9. The number of rotatable bonds is 1. The number of nitrogens with zero attached hydrogens (tertiary/aromatic N) is 1. The number of aliphatic hydroxyl groups excluding tert-OH is 1. The molecule has 0 unspecified atom stereocenters. The third-order valence-corrected chi connectivity index (χ3v) is 2.61. The van der Waals surface area contributed by atoms with Gasteiger partial charge in [-0.3, -0.25) is 0 Å². The van der Waals surface area contributed by atoms with Crippen LogP contribution in [0.5, 0.6) is 11.6 Å². The summed E-state index contributed by atoms with van der Waals surface area (Å²) in [5, 5.41) is 45.7. The molecule has 2 heterocycles. The number of halogens is 1. The van der Waals surface area contributed by atoms with Crippen molar-refractivity contribution in [3.05, 3.63) is 16.2 Å². The van der Waals surface area contributed by atoms with Crippen molar-refractivity contribution >= 4 is 15.9 Å². The maximum atomic E-state index is 9.21. The highest BCUT2D eigenvalue weighted by Gasteiger charge is 2.58. The van der Waals surface area contributed by atoms with Gasteiger partial charge in [-0.05, 0) is 22.0 Å². The van der Waals surface area contributed by atoms with E-state index in [9.17, 15) is 20.4 Å². The van der Waals surface area contributed by atoms with E-state index in [1.807, 2.05) is 0 Å². The fourth-order valence-corrected chi connectivity index (χ4v) is 1.69. The van der Waals surface area contributed by atoms with Gasteiger partial charge in [0.25, 0.3) is 5.88 Å². The third-order valence-electron chi connectivity index (χ3n) is 2.02. The average molecular weight is 310 g/mol. The summed E-state index contributed by atoms with van der Waals surface area (Å²) in [4.78, 5) is 3.68. The van der Waals surface area contributed by atoms with Gasteiger partial charge in [-0.15, -0.1) is 0 Å². The zero-order chi connectivity index (χ0) is 12.8. The maximum absolute atomic E-state index is 9.21. The molecule has 9 heteroatoms. The molecule has 0 aliphatic carbocycles. The Morgan fingerprint density at radius 2 is 1.76 bits per heavy atom. The van der Waals surface area contributed by atoms with E-state index >= 15 is 0 Å². The van der Waals surface area contributed by atoms with Crippen molar-refractivity contribution in [1.82, 2.24) is 4.98 Å². The van der Waals surface area contributed by atoms with Crippen LogP contribution in [0.1, 0.15) is 5.69 Å². The van der Waals surface area contributed by atoms with Crippen LogP contribution in [0, 0.1) is 0 Å². The van der Waals surface area contributed by atoms with E-state index in [0.29, 0.717) is 0 Å². The number of pyridine rings is 1. The second kappa shape index (κ2) is 3.77. The highest BCUT2D eigenvalue weighted by molar-refractivity contribution is 9.10. The predicted molar refractivity (Wildman–Crippen MR) is 53.5 cm³/mol. The van der Waals surface area contributed by atoms with Gasteiger partial charge in [0, 0.05) is 0 Å². The molecule has 1 aromatic heterocycles. The van der Waals surface area contributed by atoms with Crippen LogP contribution < -0.4 is 9.47 Å². The molecule has 5 N–H and O–H groups in total. The van der Waals surface area contributed by atoms with Gasteiger partial charge in [-0.1, -0.05) is 0 Å². The molecule has 0 saturated carbocycles. The molecule has 2 rings (SSSR count). The van der Waals surface area contributed by atoms with Crippen molar-refractivity contribution in [2.24, 2.45) is 0 Å². The normalized spacial score (nSPS) is 20.1. The van der Waals surface area contributed by atoms with E-state index in [0.717, 1.165) is 0 Å². The number of aromatic nitrogens is 1. The Hall–Kier alpha value is -0.970. The molecule has 0 aromatic carbocycles. The van der Waals surface area contributed by atoms with Crippen LogP contribution in [-0.2, 0) is 6.61 Å². The van der Waals surface area contributed by atoms with Crippen LogP contribution in [0.25, 0.3) is 0 Å².